The lowest BCUT2D eigenvalue weighted by Gasteiger charge is -2.37. The van der Waals surface area contributed by atoms with Crippen LogP contribution in [0.3, 0.4) is 0 Å². The van der Waals surface area contributed by atoms with E-state index in [2.05, 4.69) is 18.2 Å². The molecule has 0 heterocycles. The zero-order valence-corrected chi connectivity index (χ0v) is 12.2. The van der Waals surface area contributed by atoms with Crippen LogP contribution in [0, 0.1) is 17.3 Å². The molecule has 0 amide bonds. The predicted molar refractivity (Wildman–Crippen MR) is 80.8 cm³/mol. The third kappa shape index (κ3) is 1.65. The summed E-state index contributed by atoms with van der Waals surface area (Å²) in [7, 11) is 0. The van der Waals surface area contributed by atoms with Gasteiger partial charge in [-0.3, -0.25) is 4.79 Å². The van der Waals surface area contributed by atoms with E-state index in [1.807, 2.05) is 6.07 Å². The van der Waals surface area contributed by atoms with E-state index in [0.717, 1.165) is 18.4 Å². The van der Waals surface area contributed by atoms with Crippen molar-refractivity contribution in [3.63, 3.8) is 0 Å². The first-order chi connectivity index (χ1) is 9.82. The van der Waals surface area contributed by atoms with E-state index in [-0.39, 0.29) is 5.41 Å². The van der Waals surface area contributed by atoms with Crippen molar-refractivity contribution in [1.29, 1.82) is 0 Å². The van der Waals surface area contributed by atoms with Gasteiger partial charge in [-0.05, 0) is 62.3 Å². The van der Waals surface area contributed by atoms with Crippen molar-refractivity contribution >= 4 is 5.78 Å². The number of carbonyl (C=O) groups excluding carboxylic acids is 1. The molecule has 0 N–H and O–H groups in total. The Balaban J connectivity index is 1.84. The van der Waals surface area contributed by atoms with Crippen LogP contribution in [0.1, 0.15) is 67.3 Å². The summed E-state index contributed by atoms with van der Waals surface area (Å²) < 4.78 is 0. The van der Waals surface area contributed by atoms with Gasteiger partial charge in [-0.25, -0.2) is 0 Å². The Kier molecular flexibility index (Phi) is 2.98. The minimum absolute atomic E-state index is 0.0170. The second-order valence-electron chi connectivity index (χ2n) is 7.14. The molecule has 2 unspecified atom stereocenters. The first-order valence-electron chi connectivity index (χ1n) is 8.45. The van der Waals surface area contributed by atoms with Crippen molar-refractivity contribution < 1.29 is 4.79 Å². The average molecular weight is 268 g/mol. The molecule has 4 rings (SSSR count). The summed E-state index contributed by atoms with van der Waals surface area (Å²) in [5.41, 5.74) is 2.38. The average Bonchev–Trinajstić information content (AvgIpc) is 2.59. The molecule has 0 saturated heterocycles. The summed E-state index contributed by atoms with van der Waals surface area (Å²) in [6.45, 7) is 0. The van der Waals surface area contributed by atoms with Crippen molar-refractivity contribution in [1.82, 2.24) is 0 Å². The molecule has 2 atom stereocenters. The van der Waals surface area contributed by atoms with E-state index in [9.17, 15) is 4.79 Å². The Morgan fingerprint density at radius 3 is 2.35 bits per heavy atom. The SMILES string of the molecule is O=C1c2ccccc2CCCC12C1CCCCC2CC1. The maximum Gasteiger partial charge on any atom is 0.169 e. The van der Waals surface area contributed by atoms with Crippen LogP contribution in [0.2, 0.25) is 0 Å². The number of rotatable bonds is 0. The van der Waals surface area contributed by atoms with E-state index < -0.39 is 0 Å². The Hall–Kier alpha value is -1.11. The Morgan fingerprint density at radius 1 is 0.900 bits per heavy atom. The van der Waals surface area contributed by atoms with E-state index in [1.165, 1.54) is 50.5 Å². The van der Waals surface area contributed by atoms with Crippen LogP contribution in [0.5, 0.6) is 0 Å². The molecule has 2 fully saturated rings. The van der Waals surface area contributed by atoms with Gasteiger partial charge in [0.25, 0.3) is 0 Å². The van der Waals surface area contributed by atoms with Gasteiger partial charge in [0.05, 0.1) is 0 Å². The van der Waals surface area contributed by atoms with Crippen LogP contribution in [0.4, 0.5) is 0 Å². The van der Waals surface area contributed by atoms with E-state index in [1.54, 1.807) is 0 Å². The number of hydrogen-bond donors (Lipinski definition) is 0. The van der Waals surface area contributed by atoms with Crippen LogP contribution in [-0.2, 0) is 6.42 Å². The molecule has 2 bridgehead atoms. The summed E-state index contributed by atoms with van der Waals surface area (Å²) in [6.07, 6.45) is 11.3. The van der Waals surface area contributed by atoms with Gasteiger partial charge < -0.3 is 0 Å². The quantitative estimate of drug-likeness (QED) is 0.661. The highest BCUT2D eigenvalue weighted by Gasteiger charge is 2.55. The first-order valence-corrected chi connectivity index (χ1v) is 8.45. The van der Waals surface area contributed by atoms with Crippen molar-refractivity contribution in [3.05, 3.63) is 35.4 Å². The smallest absolute Gasteiger partial charge is 0.169 e. The summed E-state index contributed by atoms with van der Waals surface area (Å²) in [5.74, 6) is 1.86. The van der Waals surface area contributed by atoms with Gasteiger partial charge in [0.2, 0.25) is 0 Å². The van der Waals surface area contributed by atoms with Gasteiger partial charge in [-0.2, -0.15) is 0 Å². The fourth-order valence-electron chi connectivity index (χ4n) is 5.51. The number of fused-ring (bicyclic) bond motifs is 1. The second-order valence-corrected chi connectivity index (χ2v) is 7.14. The minimum atomic E-state index is 0.0170. The molecular formula is C19H24O. The van der Waals surface area contributed by atoms with Crippen LogP contribution in [-0.4, -0.2) is 5.78 Å². The van der Waals surface area contributed by atoms with Gasteiger partial charge in [-0.1, -0.05) is 37.1 Å². The maximum atomic E-state index is 13.4. The van der Waals surface area contributed by atoms with Crippen LogP contribution in [0.15, 0.2) is 24.3 Å². The number of ketones is 1. The summed E-state index contributed by atoms with van der Waals surface area (Å²) in [6, 6.07) is 8.40. The number of aryl methyl sites for hydroxylation is 1. The number of benzene rings is 1. The largest absolute Gasteiger partial charge is 0.294 e. The second kappa shape index (κ2) is 4.72. The highest BCUT2D eigenvalue weighted by Crippen LogP contribution is 2.59. The van der Waals surface area contributed by atoms with E-state index in [4.69, 9.17) is 0 Å². The van der Waals surface area contributed by atoms with Crippen LogP contribution in [0.25, 0.3) is 0 Å². The van der Waals surface area contributed by atoms with Gasteiger partial charge in [0.15, 0.2) is 5.78 Å². The van der Waals surface area contributed by atoms with E-state index in [0.29, 0.717) is 17.6 Å². The summed E-state index contributed by atoms with van der Waals surface area (Å²) in [4.78, 5) is 13.4. The zero-order valence-electron chi connectivity index (χ0n) is 12.2. The molecule has 1 spiro atoms. The summed E-state index contributed by atoms with van der Waals surface area (Å²) in [5, 5.41) is 0. The fraction of sp³-hybridized carbons (Fsp3) is 0.632. The van der Waals surface area contributed by atoms with Gasteiger partial charge in [0, 0.05) is 11.0 Å². The topological polar surface area (TPSA) is 17.1 Å². The first kappa shape index (κ1) is 12.6. The normalized spacial score (nSPS) is 36.5. The van der Waals surface area contributed by atoms with Gasteiger partial charge in [-0.15, -0.1) is 0 Å². The standard InChI is InChI=1S/C19H24O/c20-18-17-10-4-1-6-14(17)7-5-13-19(18)15-8-2-3-9-16(19)12-11-15/h1,4,6,10,15-16H,2-3,5,7-9,11-13H2. The molecular weight excluding hydrogens is 244 g/mol. The molecule has 0 radical (unpaired) electrons. The molecule has 3 aliphatic carbocycles. The molecule has 1 heteroatoms. The maximum absolute atomic E-state index is 13.4. The lowest BCUT2D eigenvalue weighted by molar-refractivity contribution is 0.0581. The predicted octanol–water partition coefficient (Wildman–Crippen LogP) is 4.79. The van der Waals surface area contributed by atoms with Gasteiger partial charge >= 0.3 is 0 Å². The molecule has 1 aromatic rings. The number of Topliss-reactive ketones (excluding diaryl/α,β-unsaturated/α-hetero) is 1. The molecule has 0 aromatic heterocycles. The Morgan fingerprint density at radius 2 is 1.60 bits per heavy atom. The lowest BCUT2D eigenvalue weighted by atomic mass is 9.65. The van der Waals surface area contributed by atoms with Crippen molar-refractivity contribution in [2.45, 2.75) is 57.8 Å². The Labute approximate surface area is 121 Å². The lowest BCUT2D eigenvalue weighted by Crippen LogP contribution is -2.39. The van der Waals surface area contributed by atoms with Gasteiger partial charge in [0.1, 0.15) is 0 Å². The molecule has 106 valence electrons. The third-order valence-electron chi connectivity index (χ3n) is 6.40. The molecule has 20 heavy (non-hydrogen) atoms. The number of hydrogen-bond acceptors (Lipinski definition) is 1. The molecule has 0 aliphatic heterocycles. The highest BCUT2D eigenvalue weighted by atomic mass is 16.1. The Bertz CT molecular complexity index is 516. The van der Waals surface area contributed by atoms with E-state index >= 15 is 0 Å². The monoisotopic (exact) mass is 268 g/mol. The molecule has 2 saturated carbocycles. The minimum Gasteiger partial charge on any atom is -0.294 e. The van der Waals surface area contributed by atoms with Crippen molar-refractivity contribution in [2.75, 3.05) is 0 Å². The molecule has 1 nitrogen and oxygen atoms in total. The zero-order chi connectivity index (χ0) is 13.6. The number of carbonyl (C=O) groups is 1. The fourth-order valence-corrected chi connectivity index (χ4v) is 5.51. The van der Waals surface area contributed by atoms with Crippen molar-refractivity contribution in [3.8, 4) is 0 Å². The van der Waals surface area contributed by atoms with Crippen molar-refractivity contribution in [2.24, 2.45) is 17.3 Å². The molecule has 1 aromatic carbocycles. The summed E-state index contributed by atoms with van der Waals surface area (Å²) >= 11 is 0. The molecule has 3 aliphatic rings. The highest BCUT2D eigenvalue weighted by molar-refractivity contribution is 6.02. The third-order valence-corrected chi connectivity index (χ3v) is 6.40. The van der Waals surface area contributed by atoms with Crippen LogP contribution >= 0.6 is 0 Å². The van der Waals surface area contributed by atoms with Crippen LogP contribution < -0.4 is 0 Å².